The van der Waals surface area contributed by atoms with Gasteiger partial charge in [-0.3, -0.25) is 0 Å². The Morgan fingerprint density at radius 3 is 2.31 bits per heavy atom. The summed E-state index contributed by atoms with van der Waals surface area (Å²) in [6.45, 7) is 0.982. The summed E-state index contributed by atoms with van der Waals surface area (Å²) in [5, 5.41) is 3.59. The molecule has 0 saturated heterocycles. The van der Waals surface area contributed by atoms with Gasteiger partial charge in [0.2, 0.25) is 0 Å². The summed E-state index contributed by atoms with van der Waals surface area (Å²) >= 11 is 0. The first kappa shape index (κ1) is 9.61. The molecule has 1 N–H and O–H groups in total. The summed E-state index contributed by atoms with van der Waals surface area (Å²) in [4.78, 5) is 0. The summed E-state index contributed by atoms with van der Waals surface area (Å²) in [7, 11) is 0. The van der Waals surface area contributed by atoms with Crippen LogP contribution in [-0.4, -0.2) is 0 Å². The van der Waals surface area contributed by atoms with Gasteiger partial charge in [-0.2, -0.15) is 0 Å². The second-order valence-corrected chi connectivity index (χ2v) is 4.32. The zero-order chi connectivity index (χ0) is 10.8. The monoisotopic (exact) mass is 209 g/mol. The topological polar surface area (TPSA) is 12.0 Å². The van der Waals surface area contributed by atoms with Gasteiger partial charge in [-0.1, -0.05) is 54.6 Å². The number of hydrogen-bond acceptors (Lipinski definition) is 1. The smallest absolute Gasteiger partial charge is 0.0363 e. The molecule has 1 atom stereocenters. The van der Waals surface area contributed by atoms with E-state index >= 15 is 0 Å². The van der Waals surface area contributed by atoms with Crippen LogP contribution in [0.2, 0.25) is 0 Å². The van der Waals surface area contributed by atoms with Gasteiger partial charge < -0.3 is 5.32 Å². The predicted molar refractivity (Wildman–Crippen MR) is 66.2 cm³/mol. The van der Waals surface area contributed by atoms with E-state index in [-0.39, 0.29) is 0 Å². The van der Waals surface area contributed by atoms with Gasteiger partial charge in [-0.25, -0.2) is 0 Å². The Kier molecular flexibility index (Phi) is 2.47. The fourth-order valence-electron chi connectivity index (χ4n) is 2.38. The molecule has 1 aliphatic rings. The SMILES string of the molecule is c1ccc([C@@H]2Cc3ccccc3CN2)cc1. The third-order valence-electron chi connectivity index (χ3n) is 3.28. The molecule has 0 saturated carbocycles. The lowest BCUT2D eigenvalue weighted by Crippen LogP contribution is -2.28. The van der Waals surface area contributed by atoms with Crippen LogP contribution in [0.15, 0.2) is 54.6 Å². The minimum absolute atomic E-state index is 0.469. The van der Waals surface area contributed by atoms with Crippen LogP contribution in [0.25, 0.3) is 0 Å². The van der Waals surface area contributed by atoms with E-state index in [2.05, 4.69) is 59.9 Å². The largest absolute Gasteiger partial charge is 0.306 e. The van der Waals surface area contributed by atoms with Crippen LogP contribution in [0.5, 0.6) is 0 Å². The Labute approximate surface area is 96.1 Å². The molecule has 0 aromatic heterocycles. The number of hydrogen-bond donors (Lipinski definition) is 1. The lowest BCUT2D eigenvalue weighted by Gasteiger charge is -2.26. The zero-order valence-electron chi connectivity index (χ0n) is 9.19. The molecule has 3 rings (SSSR count). The van der Waals surface area contributed by atoms with Crippen molar-refractivity contribution < 1.29 is 0 Å². The molecule has 1 aliphatic heterocycles. The third-order valence-corrected chi connectivity index (χ3v) is 3.28. The predicted octanol–water partition coefficient (Wildman–Crippen LogP) is 3.07. The van der Waals surface area contributed by atoms with Crippen molar-refractivity contribution >= 4 is 0 Å². The lowest BCUT2D eigenvalue weighted by atomic mass is 9.92. The Bertz CT molecular complexity index is 476. The molecular formula is C15H15N. The minimum atomic E-state index is 0.469. The maximum atomic E-state index is 3.59. The van der Waals surface area contributed by atoms with Crippen LogP contribution in [0.4, 0.5) is 0 Å². The van der Waals surface area contributed by atoms with E-state index in [0.717, 1.165) is 13.0 Å². The number of rotatable bonds is 1. The summed E-state index contributed by atoms with van der Waals surface area (Å²) in [6, 6.07) is 19.9. The molecule has 0 bridgehead atoms. The van der Waals surface area contributed by atoms with Crippen molar-refractivity contribution in [3.8, 4) is 0 Å². The summed E-state index contributed by atoms with van der Waals surface area (Å²) < 4.78 is 0. The van der Waals surface area contributed by atoms with Crippen molar-refractivity contribution in [2.75, 3.05) is 0 Å². The van der Waals surface area contributed by atoms with Crippen molar-refractivity contribution in [2.24, 2.45) is 0 Å². The number of nitrogens with one attached hydrogen (secondary N) is 1. The molecule has 0 aliphatic carbocycles. The van der Waals surface area contributed by atoms with Gasteiger partial charge in [0.1, 0.15) is 0 Å². The molecule has 1 nitrogen and oxygen atoms in total. The van der Waals surface area contributed by atoms with Crippen LogP contribution in [-0.2, 0) is 13.0 Å². The first-order chi connectivity index (χ1) is 7.93. The van der Waals surface area contributed by atoms with Gasteiger partial charge in [-0.15, -0.1) is 0 Å². The fourth-order valence-corrected chi connectivity index (χ4v) is 2.38. The molecular weight excluding hydrogens is 194 g/mol. The molecule has 0 radical (unpaired) electrons. The Hall–Kier alpha value is -1.60. The van der Waals surface area contributed by atoms with E-state index in [4.69, 9.17) is 0 Å². The fraction of sp³-hybridized carbons (Fsp3) is 0.200. The molecule has 1 heteroatoms. The van der Waals surface area contributed by atoms with Crippen LogP contribution < -0.4 is 5.32 Å². The second-order valence-electron chi connectivity index (χ2n) is 4.32. The molecule has 1 heterocycles. The van der Waals surface area contributed by atoms with Crippen molar-refractivity contribution in [1.29, 1.82) is 0 Å². The molecule has 0 amide bonds. The quantitative estimate of drug-likeness (QED) is 0.761. The lowest BCUT2D eigenvalue weighted by molar-refractivity contribution is 0.499. The molecule has 2 aromatic rings. The van der Waals surface area contributed by atoms with Gasteiger partial charge in [0, 0.05) is 12.6 Å². The standard InChI is InChI=1S/C15H15N/c1-2-6-12(7-3-1)15-10-13-8-4-5-9-14(13)11-16-15/h1-9,15-16H,10-11H2/t15-/m0/s1. The van der Waals surface area contributed by atoms with E-state index in [1.54, 1.807) is 0 Å². The van der Waals surface area contributed by atoms with Gasteiger partial charge in [0.15, 0.2) is 0 Å². The maximum Gasteiger partial charge on any atom is 0.0363 e. The first-order valence-electron chi connectivity index (χ1n) is 5.78. The van der Waals surface area contributed by atoms with Gasteiger partial charge in [0.25, 0.3) is 0 Å². The van der Waals surface area contributed by atoms with Crippen LogP contribution in [0, 0.1) is 0 Å². The zero-order valence-corrected chi connectivity index (χ0v) is 9.19. The highest BCUT2D eigenvalue weighted by Crippen LogP contribution is 2.25. The molecule has 0 fully saturated rings. The Morgan fingerprint density at radius 2 is 1.50 bits per heavy atom. The minimum Gasteiger partial charge on any atom is -0.306 e. The maximum absolute atomic E-state index is 3.59. The third kappa shape index (κ3) is 1.74. The second kappa shape index (κ2) is 4.11. The molecule has 80 valence electrons. The van der Waals surface area contributed by atoms with E-state index in [0.29, 0.717) is 6.04 Å². The number of benzene rings is 2. The molecule has 0 unspecified atom stereocenters. The van der Waals surface area contributed by atoms with Gasteiger partial charge in [0.05, 0.1) is 0 Å². The molecule has 0 spiro atoms. The van der Waals surface area contributed by atoms with E-state index in [9.17, 15) is 0 Å². The Balaban J connectivity index is 1.89. The average molecular weight is 209 g/mol. The van der Waals surface area contributed by atoms with Crippen LogP contribution in [0.3, 0.4) is 0 Å². The average Bonchev–Trinajstić information content (AvgIpc) is 2.39. The van der Waals surface area contributed by atoms with E-state index in [1.165, 1.54) is 16.7 Å². The molecule has 16 heavy (non-hydrogen) atoms. The highest BCUT2D eigenvalue weighted by atomic mass is 14.9. The van der Waals surface area contributed by atoms with Crippen LogP contribution in [0.1, 0.15) is 22.7 Å². The van der Waals surface area contributed by atoms with Crippen molar-refractivity contribution in [2.45, 2.75) is 19.0 Å². The highest BCUT2D eigenvalue weighted by Gasteiger charge is 2.18. The van der Waals surface area contributed by atoms with Gasteiger partial charge >= 0.3 is 0 Å². The number of fused-ring (bicyclic) bond motifs is 1. The molecule has 2 aromatic carbocycles. The summed E-state index contributed by atoms with van der Waals surface area (Å²) in [5.41, 5.74) is 4.31. The van der Waals surface area contributed by atoms with Crippen molar-refractivity contribution in [3.63, 3.8) is 0 Å². The highest BCUT2D eigenvalue weighted by molar-refractivity contribution is 5.32. The van der Waals surface area contributed by atoms with E-state index < -0.39 is 0 Å². The van der Waals surface area contributed by atoms with Crippen molar-refractivity contribution in [1.82, 2.24) is 5.32 Å². The van der Waals surface area contributed by atoms with E-state index in [1.807, 2.05) is 0 Å². The Morgan fingerprint density at radius 1 is 0.812 bits per heavy atom. The first-order valence-corrected chi connectivity index (χ1v) is 5.78. The van der Waals surface area contributed by atoms with Gasteiger partial charge in [-0.05, 0) is 23.1 Å². The normalized spacial score (nSPS) is 19.1. The summed E-state index contributed by atoms with van der Waals surface area (Å²) in [6.07, 6.45) is 1.10. The van der Waals surface area contributed by atoms with Crippen molar-refractivity contribution in [3.05, 3.63) is 71.3 Å². The summed E-state index contributed by atoms with van der Waals surface area (Å²) in [5.74, 6) is 0. The van der Waals surface area contributed by atoms with Crippen LogP contribution >= 0.6 is 0 Å².